The van der Waals surface area contributed by atoms with E-state index < -0.39 is 12.0 Å². The number of rotatable bonds is 7. The Labute approximate surface area is 235 Å². The number of hydrogen-bond acceptors (Lipinski definition) is 6. The van der Waals surface area contributed by atoms with Gasteiger partial charge in [-0.2, -0.15) is 0 Å². The van der Waals surface area contributed by atoms with E-state index in [-0.39, 0.29) is 11.7 Å². The van der Waals surface area contributed by atoms with Crippen LogP contribution in [0, 0.1) is 0 Å². The smallest absolute Gasteiger partial charge is 0.338 e. The summed E-state index contributed by atoms with van der Waals surface area (Å²) < 4.78 is 13.5. The van der Waals surface area contributed by atoms with Crippen molar-refractivity contribution in [3.8, 4) is 5.75 Å². The zero-order valence-corrected chi connectivity index (χ0v) is 23.3. The van der Waals surface area contributed by atoms with E-state index in [9.17, 15) is 9.59 Å². The highest BCUT2D eigenvalue weighted by Gasteiger charge is 2.34. The van der Waals surface area contributed by atoms with Crippen LogP contribution in [-0.2, 0) is 16.1 Å². The normalized spacial score (nSPS) is 15.2. The Bertz CT molecular complexity index is 1720. The lowest BCUT2D eigenvalue weighted by Crippen LogP contribution is -2.40. The third-order valence-corrected chi connectivity index (χ3v) is 7.54. The van der Waals surface area contributed by atoms with Crippen LogP contribution in [0.1, 0.15) is 43.5 Å². The Hall–Kier alpha value is -3.94. The van der Waals surface area contributed by atoms with Gasteiger partial charge in [-0.15, -0.1) is 0 Å². The molecule has 4 aromatic rings. The summed E-state index contributed by atoms with van der Waals surface area (Å²) in [6.45, 7) is 5.80. The van der Waals surface area contributed by atoms with Crippen molar-refractivity contribution in [2.75, 3.05) is 0 Å². The Morgan fingerprint density at radius 2 is 1.74 bits per heavy atom. The number of ether oxygens (including phenoxy) is 2. The Balaban J connectivity index is 1.52. The maximum absolute atomic E-state index is 13.8. The summed E-state index contributed by atoms with van der Waals surface area (Å²) in [5.41, 5.74) is 3.11. The number of carbonyl (C=O) groups is 1. The minimum absolute atomic E-state index is 0.254. The first-order chi connectivity index (χ1) is 18.8. The number of fused-ring (bicyclic) bond motifs is 1. The minimum Gasteiger partial charge on any atom is -0.489 e. The lowest BCUT2D eigenvalue weighted by Gasteiger charge is -2.26. The number of allylic oxidation sites excluding steroid dienone is 1. The first-order valence-corrected chi connectivity index (χ1v) is 13.8. The van der Waals surface area contributed by atoms with Crippen molar-refractivity contribution >= 4 is 35.0 Å². The van der Waals surface area contributed by atoms with Gasteiger partial charge >= 0.3 is 5.97 Å². The fraction of sp³-hybridized carbons (Fsp3) is 0.194. The third-order valence-electron chi connectivity index (χ3n) is 6.21. The molecule has 1 unspecified atom stereocenters. The molecular weight excluding hydrogens is 532 g/mol. The van der Waals surface area contributed by atoms with E-state index in [4.69, 9.17) is 21.1 Å². The maximum Gasteiger partial charge on any atom is 0.338 e. The van der Waals surface area contributed by atoms with E-state index in [1.807, 2.05) is 78.9 Å². The van der Waals surface area contributed by atoms with Crippen LogP contribution in [0.5, 0.6) is 5.75 Å². The van der Waals surface area contributed by atoms with Crippen molar-refractivity contribution in [1.29, 1.82) is 0 Å². The van der Waals surface area contributed by atoms with Crippen molar-refractivity contribution < 1.29 is 14.3 Å². The van der Waals surface area contributed by atoms with Crippen LogP contribution in [0.15, 0.2) is 99.9 Å². The molecule has 0 N–H and O–H groups in total. The van der Waals surface area contributed by atoms with E-state index in [0.717, 1.165) is 16.9 Å². The van der Waals surface area contributed by atoms with Gasteiger partial charge in [0.05, 0.1) is 21.9 Å². The molecule has 1 aromatic heterocycles. The Morgan fingerprint density at radius 1 is 1.05 bits per heavy atom. The van der Waals surface area contributed by atoms with Gasteiger partial charge in [0.25, 0.3) is 5.56 Å². The van der Waals surface area contributed by atoms with Crippen LogP contribution in [-0.4, -0.2) is 16.6 Å². The molecule has 2 heterocycles. The van der Waals surface area contributed by atoms with Gasteiger partial charge in [0.1, 0.15) is 18.4 Å². The second-order valence-corrected chi connectivity index (χ2v) is 10.8. The van der Waals surface area contributed by atoms with Gasteiger partial charge in [-0.1, -0.05) is 83.6 Å². The molecule has 0 saturated carbocycles. The summed E-state index contributed by atoms with van der Waals surface area (Å²) in [5.74, 6) is 0.219. The first-order valence-electron chi connectivity index (χ1n) is 12.6. The monoisotopic (exact) mass is 558 g/mol. The van der Waals surface area contributed by atoms with Crippen molar-refractivity contribution in [2.45, 2.75) is 39.5 Å². The van der Waals surface area contributed by atoms with Crippen molar-refractivity contribution in [3.63, 3.8) is 0 Å². The number of benzene rings is 3. The molecule has 6 nitrogen and oxygen atoms in total. The SMILES string of the molecule is CC1=C(C(=O)OC(C)C)C(c2ccccc2Cl)n2c(sc(=Cc3ccc(OCc4ccccc4)cc3)c2=O)=N1. The van der Waals surface area contributed by atoms with Gasteiger partial charge in [0.2, 0.25) is 0 Å². The minimum atomic E-state index is -0.753. The van der Waals surface area contributed by atoms with Gasteiger partial charge in [0, 0.05) is 5.02 Å². The molecule has 1 atom stereocenters. The highest BCUT2D eigenvalue weighted by molar-refractivity contribution is 7.07. The van der Waals surface area contributed by atoms with Crippen molar-refractivity contribution in [1.82, 2.24) is 4.57 Å². The second-order valence-electron chi connectivity index (χ2n) is 9.40. The van der Waals surface area contributed by atoms with E-state index in [0.29, 0.717) is 37.8 Å². The highest BCUT2D eigenvalue weighted by atomic mass is 35.5. The topological polar surface area (TPSA) is 69.9 Å². The molecule has 0 aliphatic carbocycles. The molecule has 1 aliphatic heterocycles. The highest BCUT2D eigenvalue weighted by Crippen LogP contribution is 2.34. The number of hydrogen-bond donors (Lipinski definition) is 0. The number of halogens is 1. The number of carbonyl (C=O) groups excluding carboxylic acids is 1. The lowest BCUT2D eigenvalue weighted by molar-refractivity contribution is -0.143. The number of aromatic nitrogens is 1. The molecule has 3 aromatic carbocycles. The van der Waals surface area contributed by atoms with Gasteiger partial charge in [-0.3, -0.25) is 9.36 Å². The summed E-state index contributed by atoms with van der Waals surface area (Å²) >= 11 is 7.85. The first kappa shape index (κ1) is 26.7. The predicted molar refractivity (Wildman–Crippen MR) is 154 cm³/mol. The van der Waals surface area contributed by atoms with Gasteiger partial charge in [-0.25, -0.2) is 9.79 Å². The molecule has 198 valence electrons. The molecule has 5 rings (SSSR count). The standard InChI is InChI=1S/C31H27ClN2O4S/c1-19(2)38-30(36)27-20(3)33-31-34(28(27)24-11-7-8-12-25(24)32)29(35)26(39-31)17-21-13-15-23(16-14-21)37-18-22-9-5-4-6-10-22/h4-17,19,28H,18H2,1-3H3. The van der Waals surface area contributed by atoms with Gasteiger partial charge < -0.3 is 9.47 Å². The second kappa shape index (κ2) is 11.4. The zero-order chi connectivity index (χ0) is 27.5. The van der Waals surface area contributed by atoms with Crippen LogP contribution >= 0.6 is 22.9 Å². The fourth-order valence-corrected chi connectivity index (χ4v) is 5.69. The molecule has 39 heavy (non-hydrogen) atoms. The van der Waals surface area contributed by atoms with Crippen LogP contribution in [0.2, 0.25) is 5.02 Å². The molecule has 1 aliphatic rings. The summed E-state index contributed by atoms with van der Waals surface area (Å²) in [6.07, 6.45) is 1.49. The Morgan fingerprint density at radius 3 is 2.44 bits per heavy atom. The molecular formula is C31H27ClN2O4S. The number of nitrogens with zero attached hydrogens (tertiary/aromatic N) is 2. The molecule has 0 fully saturated rings. The Kier molecular flexibility index (Phi) is 7.82. The van der Waals surface area contributed by atoms with Gasteiger partial charge in [0.15, 0.2) is 4.80 Å². The molecule has 0 saturated heterocycles. The van der Waals surface area contributed by atoms with E-state index in [2.05, 4.69) is 4.99 Å². The largest absolute Gasteiger partial charge is 0.489 e. The summed E-state index contributed by atoms with van der Waals surface area (Å²) in [6, 6.07) is 24.0. The van der Waals surface area contributed by atoms with Gasteiger partial charge in [-0.05, 0) is 61.7 Å². The molecule has 0 spiro atoms. The third kappa shape index (κ3) is 5.75. The molecule has 8 heteroatoms. The van der Waals surface area contributed by atoms with Crippen molar-refractivity contribution in [3.05, 3.63) is 132 Å². The van der Waals surface area contributed by atoms with E-state index >= 15 is 0 Å². The van der Waals surface area contributed by atoms with E-state index in [1.165, 1.54) is 11.3 Å². The predicted octanol–water partition coefficient (Wildman–Crippen LogP) is 5.42. The fourth-order valence-electron chi connectivity index (χ4n) is 4.40. The zero-order valence-electron chi connectivity index (χ0n) is 21.8. The summed E-state index contributed by atoms with van der Waals surface area (Å²) in [4.78, 5) is 32.1. The summed E-state index contributed by atoms with van der Waals surface area (Å²) in [7, 11) is 0. The van der Waals surface area contributed by atoms with Crippen LogP contribution < -0.4 is 19.6 Å². The maximum atomic E-state index is 13.8. The van der Waals surface area contributed by atoms with Crippen LogP contribution in [0.4, 0.5) is 0 Å². The average molecular weight is 559 g/mol. The summed E-state index contributed by atoms with van der Waals surface area (Å²) in [5, 5.41) is 0.452. The van der Waals surface area contributed by atoms with Crippen LogP contribution in [0.3, 0.4) is 0 Å². The van der Waals surface area contributed by atoms with E-state index in [1.54, 1.807) is 31.4 Å². The molecule has 0 radical (unpaired) electrons. The average Bonchev–Trinajstić information content (AvgIpc) is 3.22. The molecule has 0 amide bonds. The lowest BCUT2D eigenvalue weighted by atomic mass is 9.96. The quantitative estimate of drug-likeness (QED) is 0.284. The van der Waals surface area contributed by atoms with Crippen molar-refractivity contribution in [2.24, 2.45) is 4.99 Å². The number of esters is 1. The van der Waals surface area contributed by atoms with Crippen LogP contribution in [0.25, 0.3) is 6.08 Å². The molecule has 0 bridgehead atoms. The number of thiazole rings is 1.